The van der Waals surface area contributed by atoms with Gasteiger partial charge in [-0.05, 0) is 34.1 Å². The quantitative estimate of drug-likeness (QED) is 0.817. The molecule has 8 heteroatoms. The molecule has 0 saturated carbocycles. The van der Waals surface area contributed by atoms with Crippen LogP contribution in [0, 0.1) is 0 Å². The summed E-state index contributed by atoms with van der Waals surface area (Å²) in [7, 11) is 2.93. The monoisotopic (exact) mass is 404 g/mol. The van der Waals surface area contributed by atoms with Crippen molar-refractivity contribution in [1.29, 1.82) is 0 Å². The smallest absolute Gasteiger partial charge is 0.264 e. The van der Waals surface area contributed by atoms with Crippen molar-refractivity contribution in [3.05, 3.63) is 44.5 Å². The van der Waals surface area contributed by atoms with Crippen molar-refractivity contribution in [3.8, 4) is 11.5 Å². The Morgan fingerprint density at radius 2 is 2.00 bits per heavy atom. The van der Waals surface area contributed by atoms with E-state index >= 15 is 0 Å². The predicted molar refractivity (Wildman–Crippen MR) is 89.5 cm³/mol. The van der Waals surface area contributed by atoms with E-state index < -0.39 is 5.91 Å². The molecule has 116 valence electrons. The first kappa shape index (κ1) is 16.9. The van der Waals surface area contributed by atoms with Crippen LogP contribution in [-0.4, -0.2) is 25.1 Å². The van der Waals surface area contributed by atoms with Crippen molar-refractivity contribution in [2.45, 2.75) is 0 Å². The van der Waals surface area contributed by atoms with Gasteiger partial charge in [0.1, 0.15) is 17.1 Å². The highest BCUT2D eigenvalue weighted by molar-refractivity contribution is 9.10. The highest BCUT2D eigenvalue weighted by atomic mass is 79.9. The van der Waals surface area contributed by atoms with E-state index in [-0.39, 0.29) is 16.4 Å². The second kappa shape index (κ2) is 7.17. The Morgan fingerprint density at radius 1 is 1.27 bits per heavy atom. The molecule has 0 unspecified atom stereocenters. The molecule has 1 heterocycles. The fraction of sp³-hybridized carbons (Fsp3) is 0.143. The number of hydrogen-bond acceptors (Lipinski definition) is 4. The summed E-state index contributed by atoms with van der Waals surface area (Å²) in [4.78, 5) is 16.5. The molecule has 2 aromatic rings. The summed E-state index contributed by atoms with van der Waals surface area (Å²) in [6, 6.07) is 4.86. The first-order chi connectivity index (χ1) is 10.5. The normalized spacial score (nSPS) is 10.2. The fourth-order valence-electron chi connectivity index (χ4n) is 1.80. The number of anilines is 1. The average molecular weight is 406 g/mol. The summed E-state index contributed by atoms with van der Waals surface area (Å²) in [6.45, 7) is 0. The summed E-state index contributed by atoms with van der Waals surface area (Å²) < 4.78 is 11.1. The lowest BCUT2D eigenvalue weighted by Gasteiger charge is -2.14. The zero-order valence-corrected chi connectivity index (χ0v) is 14.7. The second-order valence-electron chi connectivity index (χ2n) is 4.10. The molecule has 0 bridgehead atoms. The number of benzene rings is 1. The highest BCUT2D eigenvalue weighted by Crippen LogP contribution is 2.36. The van der Waals surface area contributed by atoms with Gasteiger partial charge in [-0.1, -0.05) is 23.2 Å². The Morgan fingerprint density at radius 3 is 2.59 bits per heavy atom. The molecule has 0 radical (unpaired) electrons. The van der Waals surface area contributed by atoms with Gasteiger partial charge in [-0.25, -0.2) is 4.98 Å². The number of pyridine rings is 1. The molecule has 1 amide bonds. The van der Waals surface area contributed by atoms with Gasteiger partial charge < -0.3 is 14.8 Å². The van der Waals surface area contributed by atoms with Crippen molar-refractivity contribution < 1.29 is 14.3 Å². The first-order valence-electron chi connectivity index (χ1n) is 6.00. The van der Waals surface area contributed by atoms with Crippen molar-refractivity contribution in [3.63, 3.8) is 0 Å². The van der Waals surface area contributed by atoms with E-state index in [1.165, 1.54) is 26.5 Å². The summed E-state index contributed by atoms with van der Waals surface area (Å²) >= 11 is 15.1. The number of nitrogens with one attached hydrogen (secondary N) is 1. The number of aromatic nitrogens is 1. The topological polar surface area (TPSA) is 60.5 Å². The van der Waals surface area contributed by atoms with E-state index in [1.54, 1.807) is 12.1 Å². The molecule has 1 aromatic carbocycles. The van der Waals surface area contributed by atoms with Gasteiger partial charge >= 0.3 is 0 Å². The Kier molecular flexibility index (Phi) is 5.50. The van der Waals surface area contributed by atoms with Crippen LogP contribution in [0.5, 0.6) is 11.5 Å². The number of halogens is 3. The van der Waals surface area contributed by atoms with Gasteiger partial charge in [-0.15, -0.1) is 0 Å². The Labute approximate surface area is 145 Å². The summed E-state index contributed by atoms with van der Waals surface area (Å²) in [5.74, 6) is 0.441. The van der Waals surface area contributed by atoms with E-state index in [4.69, 9.17) is 32.7 Å². The van der Waals surface area contributed by atoms with Crippen molar-refractivity contribution >= 4 is 50.9 Å². The number of amides is 1. The molecule has 0 spiro atoms. The molecule has 0 aliphatic carbocycles. The van der Waals surface area contributed by atoms with Gasteiger partial charge in [-0.2, -0.15) is 0 Å². The van der Waals surface area contributed by atoms with Crippen LogP contribution in [0.25, 0.3) is 0 Å². The van der Waals surface area contributed by atoms with Gasteiger partial charge in [0.05, 0.1) is 28.7 Å². The zero-order valence-electron chi connectivity index (χ0n) is 11.6. The molecule has 1 N–H and O–H groups in total. The fourth-order valence-corrected chi connectivity index (χ4v) is 2.72. The van der Waals surface area contributed by atoms with E-state index in [0.29, 0.717) is 21.0 Å². The first-order valence-corrected chi connectivity index (χ1v) is 7.55. The molecule has 1 aromatic heterocycles. The van der Waals surface area contributed by atoms with E-state index in [9.17, 15) is 4.79 Å². The van der Waals surface area contributed by atoms with Crippen LogP contribution >= 0.6 is 39.1 Å². The van der Waals surface area contributed by atoms with E-state index in [0.717, 1.165) is 0 Å². The van der Waals surface area contributed by atoms with Crippen molar-refractivity contribution in [2.75, 3.05) is 19.5 Å². The molecule has 0 saturated heterocycles. The number of carbonyl (C=O) groups excluding carboxylic acids is 1. The Hall–Kier alpha value is -1.50. The van der Waals surface area contributed by atoms with Crippen LogP contribution in [0.4, 0.5) is 5.82 Å². The van der Waals surface area contributed by atoms with Gasteiger partial charge in [0.25, 0.3) is 5.91 Å². The molecule has 0 aliphatic heterocycles. The van der Waals surface area contributed by atoms with Gasteiger partial charge in [-0.3, -0.25) is 4.79 Å². The number of methoxy groups -OCH3 is 2. The number of rotatable bonds is 4. The maximum absolute atomic E-state index is 12.5. The van der Waals surface area contributed by atoms with Gasteiger partial charge in [0.15, 0.2) is 5.82 Å². The van der Waals surface area contributed by atoms with Gasteiger partial charge in [0, 0.05) is 6.20 Å². The third kappa shape index (κ3) is 3.45. The van der Waals surface area contributed by atoms with Crippen LogP contribution < -0.4 is 14.8 Å². The minimum Gasteiger partial charge on any atom is -0.496 e. The summed E-state index contributed by atoms with van der Waals surface area (Å²) in [5.41, 5.74) is 0.229. The lowest BCUT2D eigenvalue weighted by atomic mass is 10.1. The third-order valence-electron chi connectivity index (χ3n) is 2.76. The van der Waals surface area contributed by atoms with Crippen molar-refractivity contribution in [2.24, 2.45) is 0 Å². The van der Waals surface area contributed by atoms with Crippen LogP contribution in [0.15, 0.2) is 28.9 Å². The number of carbonyl (C=O) groups is 1. The molecule has 0 fully saturated rings. The van der Waals surface area contributed by atoms with E-state index in [1.807, 2.05) is 0 Å². The Balaban J connectivity index is 2.43. The lowest BCUT2D eigenvalue weighted by molar-refractivity contribution is 0.102. The molecule has 0 aliphatic rings. The van der Waals surface area contributed by atoms with Crippen molar-refractivity contribution in [1.82, 2.24) is 4.98 Å². The average Bonchev–Trinajstić information content (AvgIpc) is 2.49. The molecular formula is C14H11BrCl2N2O3. The third-order valence-corrected chi connectivity index (χ3v) is 3.88. The summed E-state index contributed by atoms with van der Waals surface area (Å²) in [6.07, 6.45) is 1.39. The van der Waals surface area contributed by atoms with Gasteiger partial charge in [0.2, 0.25) is 0 Å². The van der Waals surface area contributed by atoms with E-state index in [2.05, 4.69) is 26.2 Å². The molecule has 0 atom stereocenters. The number of nitrogens with zero attached hydrogens (tertiary/aromatic N) is 1. The standard InChI is InChI=1S/C14H11BrCl2N2O3/c1-21-10-4-3-8(15)12(22-2)11(10)14(20)19-13-9(17)5-7(16)6-18-13/h3-6H,1-2H3,(H,18,19,20). The lowest BCUT2D eigenvalue weighted by Crippen LogP contribution is -2.16. The van der Waals surface area contributed by atoms with Crippen LogP contribution in [-0.2, 0) is 0 Å². The van der Waals surface area contributed by atoms with Crippen LogP contribution in [0.1, 0.15) is 10.4 Å². The second-order valence-corrected chi connectivity index (χ2v) is 5.79. The minimum absolute atomic E-state index is 0.195. The molecule has 2 rings (SSSR count). The van der Waals surface area contributed by atoms with Crippen LogP contribution in [0.3, 0.4) is 0 Å². The maximum Gasteiger partial charge on any atom is 0.264 e. The minimum atomic E-state index is -0.466. The maximum atomic E-state index is 12.5. The molecule has 5 nitrogen and oxygen atoms in total. The number of ether oxygens (including phenoxy) is 2. The zero-order chi connectivity index (χ0) is 16.3. The largest absolute Gasteiger partial charge is 0.496 e. The number of hydrogen-bond donors (Lipinski definition) is 1. The predicted octanol–water partition coefficient (Wildman–Crippen LogP) is 4.42. The summed E-state index contributed by atoms with van der Waals surface area (Å²) in [5, 5.41) is 3.21. The Bertz CT molecular complexity index is 725. The highest BCUT2D eigenvalue weighted by Gasteiger charge is 2.22. The van der Waals surface area contributed by atoms with Crippen LogP contribution in [0.2, 0.25) is 10.0 Å². The molecular weight excluding hydrogens is 395 g/mol. The SMILES string of the molecule is COc1ccc(Br)c(OC)c1C(=O)Nc1ncc(Cl)cc1Cl. The molecule has 22 heavy (non-hydrogen) atoms.